The molecule has 1 aromatic carbocycles. The highest BCUT2D eigenvalue weighted by Crippen LogP contribution is 2.21. The molecule has 1 aromatic heterocycles. The summed E-state index contributed by atoms with van der Waals surface area (Å²) in [6.45, 7) is 2.62. The van der Waals surface area contributed by atoms with E-state index in [1.165, 1.54) is 5.56 Å². The molecule has 0 fully saturated rings. The van der Waals surface area contributed by atoms with Crippen LogP contribution in [0.1, 0.15) is 11.1 Å². The van der Waals surface area contributed by atoms with Gasteiger partial charge in [-0.05, 0) is 30.2 Å². The third-order valence-corrected chi connectivity index (χ3v) is 2.07. The summed E-state index contributed by atoms with van der Waals surface area (Å²) in [7, 11) is 0. The highest BCUT2D eigenvalue weighted by atomic mass is 16.3. The monoisotopic (exact) mass is 161 g/mol. The van der Waals surface area contributed by atoms with Crippen molar-refractivity contribution in [1.82, 2.24) is 0 Å². The first-order chi connectivity index (χ1) is 5.81. The SMILES string of the molecule is Cc1coc2ccc(CN)cc12. The summed E-state index contributed by atoms with van der Waals surface area (Å²) in [5.41, 5.74) is 8.78. The van der Waals surface area contributed by atoms with Crippen molar-refractivity contribution < 1.29 is 4.42 Å². The van der Waals surface area contributed by atoms with E-state index in [1.54, 1.807) is 6.26 Å². The molecule has 0 aliphatic carbocycles. The number of hydrogen-bond acceptors (Lipinski definition) is 2. The Hall–Kier alpha value is -1.28. The molecule has 0 atom stereocenters. The van der Waals surface area contributed by atoms with E-state index in [1.807, 2.05) is 19.1 Å². The predicted octanol–water partition coefficient (Wildman–Crippen LogP) is 2.20. The smallest absolute Gasteiger partial charge is 0.134 e. The number of rotatable bonds is 1. The van der Waals surface area contributed by atoms with E-state index in [9.17, 15) is 0 Å². The molecule has 12 heavy (non-hydrogen) atoms. The molecule has 0 amide bonds. The average molecular weight is 161 g/mol. The van der Waals surface area contributed by atoms with Crippen LogP contribution in [0.25, 0.3) is 11.0 Å². The third kappa shape index (κ3) is 1.01. The number of nitrogens with two attached hydrogens (primary N) is 1. The zero-order valence-electron chi connectivity index (χ0n) is 7.00. The Balaban J connectivity index is 2.71. The lowest BCUT2D eigenvalue weighted by Gasteiger charge is -1.95. The van der Waals surface area contributed by atoms with Crippen molar-refractivity contribution in [3.05, 3.63) is 35.6 Å². The van der Waals surface area contributed by atoms with Crippen LogP contribution in [0, 0.1) is 6.92 Å². The van der Waals surface area contributed by atoms with Gasteiger partial charge in [-0.25, -0.2) is 0 Å². The highest BCUT2D eigenvalue weighted by molar-refractivity contribution is 5.81. The summed E-state index contributed by atoms with van der Waals surface area (Å²) < 4.78 is 5.31. The van der Waals surface area contributed by atoms with E-state index in [0.717, 1.165) is 16.5 Å². The van der Waals surface area contributed by atoms with Crippen LogP contribution in [-0.4, -0.2) is 0 Å². The topological polar surface area (TPSA) is 39.2 Å². The van der Waals surface area contributed by atoms with Gasteiger partial charge in [0.2, 0.25) is 0 Å². The summed E-state index contributed by atoms with van der Waals surface area (Å²) in [6.07, 6.45) is 1.77. The van der Waals surface area contributed by atoms with Gasteiger partial charge in [0, 0.05) is 11.9 Å². The lowest BCUT2D eigenvalue weighted by Crippen LogP contribution is -1.94. The molecule has 0 spiro atoms. The normalized spacial score (nSPS) is 10.8. The van der Waals surface area contributed by atoms with Gasteiger partial charge in [0.15, 0.2) is 0 Å². The van der Waals surface area contributed by atoms with Gasteiger partial charge in [-0.1, -0.05) is 6.07 Å². The lowest BCUT2D eigenvalue weighted by atomic mass is 10.1. The van der Waals surface area contributed by atoms with E-state index in [2.05, 4.69) is 6.07 Å². The van der Waals surface area contributed by atoms with Gasteiger partial charge in [0.1, 0.15) is 5.58 Å². The molecule has 2 N–H and O–H groups in total. The minimum Gasteiger partial charge on any atom is -0.464 e. The third-order valence-electron chi connectivity index (χ3n) is 2.07. The minimum absolute atomic E-state index is 0.584. The van der Waals surface area contributed by atoms with Crippen LogP contribution in [0.3, 0.4) is 0 Å². The molecule has 0 saturated heterocycles. The van der Waals surface area contributed by atoms with Crippen molar-refractivity contribution in [1.29, 1.82) is 0 Å². The molecule has 0 radical (unpaired) electrons. The predicted molar refractivity (Wildman–Crippen MR) is 48.8 cm³/mol. The molecule has 2 aromatic rings. The van der Waals surface area contributed by atoms with Crippen molar-refractivity contribution in [3.8, 4) is 0 Å². The van der Waals surface area contributed by atoms with Crippen molar-refractivity contribution >= 4 is 11.0 Å². The van der Waals surface area contributed by atoms with Crippen LogP contribution < -0.4 is 5.73 Å². The Bertz CT molecular complexity index is 403. The standard InChI is InChI=1S/C10H11NO/c1-7-6-12-10-3-2-8(5-11)4-9(7)10/h2-4,6H,5,11H2,1H3. The van der Waals surface area contributed by atoms with E-state index in [0.29, 0.717) is 6.54 Å². The second-order valence-corrected chi connectivity index (χ2v) is 2.95. The van der Waals surface area contributed by atoms with Crippen LogP contribution in [-0.2, 0) is 6.54 Å². The molecular formula is C10H11NO. The first-order valence-corrected chi connectivity index (χ1v) is 3.98. The lowest BCUT2D eigenvalue weighted by molar-refractivity contribution is 0.613. The molecule has 0 aliphatic heterocycles. The second kappa shape index (κ2) is 2.64. The van der Waals surface area contributed by atoms with Crippen molar-refractivity contribution in [2.24, 2.45) is 5.73 Å². The molecule has 0 bridgehead atoms. The zero-order valence-corrected chi connectivity index (χ0v) is 7.00. The Morgan fingerprint density at radius 1 is 1.42 bits per heavy atom. The average Bonchev–Trinajstić information content (AvgIpc) is 2.47. The molecule has 0 unspecified atom stereocenters. The van der Waals surface area contributed by atoms with Crippen molar-refractivity contribution in [2.75, 3.05) is 0 Å². The largest absolute Gasteiger partial charge is 0.464 e. The Kier molecular flexibility index (Phi) is 1.62. The molecule has 62 valence electrons. The van der Waals surface area contributed by atoms with Crippen LogP contribution in [0.5, 0.6) is 0 Å². The van der Waals surface area contributed by atoms with Crippen molar-refractivity contribution in [2.45, 2.75) is 13.5 Å². The second-order valence-electron chi connectivity index (χ2n) is 2.95. The zero-order chi connectivity index (χ0) is 8.55. The van der Waals surface area contributed by atoms with E-state index < -0.39 is 0 Å². The van der Waals surface area contributed by atoms with Crippen LogP contribution >= 0.6 is 0 Å². The van der Waals surface area contributed by atoms with Crippen LogP contribution in [0.2, 0.25) is 0 Å². The van der Waals surface area contributed by atoms with Gasteiger partial charge < -0.3 is 10.2 Å². The van der Waals surface area contributed by atoms with Gasteiger partial charge in [-0.3, -0.25) is 0 Å². The maximum Gasteiger partial charge on any atom is 0.134 e. The summed E-state index contributed by atoms with van der Waals surface area (Å²) in [4.78, 5) is 0. The number of benzene rings is 1. The number of hydrogen-bond donors (Lipinski definition) is 1. The van der Waals surface area contributed by atoms with Gasteiger partial charge in [-0.15, -0.1) is 0 Å². The minimum atomic E-state index is 0.584. The van der Waals surface area contributed by atoms with Crippen LogP contribution in [0.4, 0.5) is 0 Å². The first-order valence-electron chi connectivity index (χ1n) is 3.98. The van der Waals surface area contributed by atoms with Gasteiger partial charge in [0.05, 0.1) is 6.26 Å². The fraction of sp³-hybridized carbons (Fsp3) is 0.200. The molecule has 2 rings (SSSR count). The van der Waals surface area contributed by atoms with Gasteiger partial charge in [0.25, 0.3) is 0 Å². The summed E-state index contributed by atoms with van der Waals surface area (Å²) in [6, 6.07) is 6.03. The molecule has 2 nitrogen and oxygen atoms in total. The maximum absolute atomic E-state index is 5.53. The van der Waals surface area contributed by atoms with E-state index >= 15 is 0 Å². The molecule has 2 heteroatoms. The highest BCUT2D eigenvalue weighted by Gasteiger charge is 2.01. The summed E-state index contributed by atoms with van der Waals surface area (Å²) >= 11 is 0. The summed E-state index contributed by atoms with van der Waals surface area (Å²) in [5, 5.41) is 1.16. The molecule has 0 saturated carbocycles. The van der Waals surface area contributed by atoms with E-state index in [-0.39, 0.29) is 0 Å². The fourth-order valence-electron chi connectivity index (χ4n) is 1.33. The first kappa shape index (κ1) is 7.37. The molecular weight excluding hydrogens is 150 g/mol. The molecule has 0 aliphatic rings. The van der Waals surface area contributed by atoms with Gasteiger partial charge in [-0.2, -0.15) is 0 Å². The fourth-order valence-corrected chi connectivity index (χ4v) is 1.33. The van der Waals surface area contributed by atoms with Gasteiger partial charge >= 0.3 is 0 Å². The number of furan rings is 1. The number of aryl methyl sites for hydroxylation is 1. The Morgan fingerprint density at radius 3 is 3.00 bits per heavy atom. The Labute approximate surface area is 71.0 Å². The molecule has 1 heterocycles. The van der Waals surface area contributed by atoms with Crippen molar-refractivity contribution in [3.63, 3.8) is 0 Å². The quantitative estimate of drug-likeness (QED) is 0.696. The maximum atomic E-state index is 5.53. The Morgan fingerprint density at radius 2 is 2.25 bits per heavy atom. The summed E-state index contributed by atoms with van der Waals surface area (Å²) in [5.74, 6) is 0. The van der Waals surface area contributed by atoms with Crippen LogP contribution in [0.15, 0.2) is 28.9 Å². The number of fused-ring (bicyclic) bond motifs is 1. The van der Waals surface area contributed by atoms with E-state index in [4.69, 9.17) is 10.2 Å².